The van der Waals surface area contributed by atoms with E-state index in [1.807, 2.05) is 11.3 Å². The van der Waals surface area contributed by atoms with Gasteiger partial charge in [0.2, 0.25) is 0 Å². The first kappa shape index (κ1) is 39.4. The summed E-state index contributed by atoms with van der Waals surface area (Å²) in [6, 6.07) is 90.9. The van der Waals surface area contributed by atoms with E-state index in [-0.39, 0.29) is 0 Å². The second kappa shape index (κ2) is 16.0. The molecule has 2 nitrogen and oxygen atoms in total. The summed E-state index contributed by atoms with van der Waals surface area (Å²) in [5, 5.41) is 14.6. The van der Waals surface area contributed by atoms with Gasteiger partial charge in [-0.1, -0.05) is 200 Å². The summed E-state index contributed by atoms with van der Waals surface area (Å²) in [7, 11) is 0. The summed E-state index contributed by atoms with van der Waals surface area (Å²) < 4.78 is 9.79. The number of thiophene rings is 1. The van der Waals surface area contributed by atoms with Gasteiger partial charge in [-0.2, -0.15) is 0 Å². The van der Waals surface area contributed by atoms with E-state index in [2.05, 4.69) is 254 Å². The fourth-order valence-corrected chi connectivity index (χ4v) is 12.1. The van der Waals surface area contributed by atoms with Gasteiger partial charge >= 0.3 is 0 Å². The van der Waals surface area contributed by atoms with Gasteiger partial charge < -0.3 is 9.64 Å². The van der Waals surface area contributed by atoms with Gasteiger partial charge in [0.05, 0.1) is 5.69 Å². The summed E-state index contributed by atoms with van der Waals surface area (Å²) in [5.41, 5.74) is 9.75. The lowest BCUT2D eigenvalue weighted by Gasteiger charge is -2.29. The van der Waals surface area contributed by atoms with E-state index < -0.39 is 0 Å². The van der Waals surface area contributed by atoms with E-state index in [9.17, 15) is 0 Å². The van der Waals surface area contributed by atoms with Crippen molar-refractivity contribution in [3.8, 4) is 44.9 Å². The molecule has 0 atom stereocenters. The number of ether oxygens (including phenoxy) is 1. The first-order valence-corrected chi connectivity index (χ1v) is 24.4. The zero-order valence-electron chi connectivity index (χ0n) is 37.4. The van der Waals surface area contributed by atoms with E-state index in [0.29, 0.717) is 0 Å². The lowest BCUT2D eigenvalue weighted by molar-refractivity contribution is 0.489. The van der Waals surface area contributed by atoms with Gasteiger partial charge in [-0.15, -0.1) is 11.3 Å². The second-order valence-corrected chi connectivity index (χ2v) is 19.0. The molecule has 0 saturated carbocycles. The van der Waals surface area contributed by atoms with Gasteiger partial charge in [0, 0.05) is 42.7 Å². The molecule has 0 N–H and O–H groups in total. The summed E-state index contributed by atoms with van der Waals surface area (Å²) in [6.07, 6.45) is 0. The smallest absolute Gasteiger partial charge is 0.159 e. The first-order chi connectivity index (χ1) is 34.2. The van der Waals surface area contributed by atoms with Crippen molar-refractivity contribution in [1.29, 1.82) is 0 Å². The fourth-order valence-electron chi connectivity index (χ4n) is 11.0. The molecule has 0 spiro atoms. The van der Waals surface area contributed by atoms with Crippen LogP contribution in [0.5, 0.6) is 11.5 Å². The van der Waals surface area contributed by atoms with Crippen molar-refractivity contribution in [2.24, 2.45) is 0 Å². The normalized spacial score (nSPS) is 11.9. The van der Waals surface area contributed by atoms with Gasteiger partial charge in [0.25, 0.3) is 0 Å². The van der Waals surface area contributed by atoms with Gasteiger partial charge in [0.15, 0.2) is 5.75 Å². The fraction of sp³-hybridized carbons (Fsp3) is 0. The van der Waals surface area contributed by atoms with Crippen LogP contribution in [-0.4, -0.2) is 0 Å². The third-order valence-corrected chi connectivity index (χ3v) is 15.2. The van der Waals surface area contributed by atoms with Crippen LogP contribution in [0.25, 0.3) is 107 Å². The monoisotopic (exact) mass is 895 g/mol. The molecule has 0 saturated heterocycles. The third kappa shape index (κ3) is 6.32. The molecule has 0 amide bonds. The summed E-state index contributed by atoms with van der Waals surface area (Å²) in [4.78, 5) is 2.40. The SMILES string of the molecule is c1ccc(-c2ccc(N(c3ccc4c5ccccc5c5ccccc5c5ccccc5c5c(ccc6sc7ccccc7c65)c4c3)c3cccc4c3Oc3ccccc3-c3ccccc3-4)cc2)cc1. The molecule has 3 heteroatoms. The van der Waals surface area contributed by atoms with Crippen LogP contribution in [0.1, 0.15) is 0 Å². The van der Waals surface area contributed by atoms with Crippen molar-refractivity contribution >= 4 is 102 Å². The molecule has 0 bridgehead atoms. The van der Waals surface area contributed by atoms with Crippen molar-refractivity contribution < 1.29 is 4.74 Å². The molecular formula is C66H41NOS. The Hall–Kier alpha value is -8.76. The van der Waals surface area contributed by atoms with E-state index >= 15 is 0 Å². The number of hydrogen-bond donors (Lipinski definition) is 0. The van der Waals surface area contributed by atoms with Crippen LogP contribution in [0.15, 0.2) is 249 Å². The summed E-state index contributed by atoms with van der Waals surface area (Å²) in [6.45, 7) is 0. The second-order valence-electron chi connectivity index (χ2n) is 17.9. The van der Waals surface area contributed by atoms with Crippen LogP contribution in [0, 0.1) is 0 Å². The molecule has 69 heavy (non-hydrogen) atoms. The van der Waals surface area contributed by atoms with E-state index in [1.165, 1.54) is 74.2 Å². The van der Waals surface area contributed by atoms with E-state index in [1.54, 1.807) is 0 Å². The predicted octanol–water partition coefficient (Wildman–Crippen LogP) is 19.5. The van der Waals surface area contributed by atoms with Crippen molar-refractivity contribution in [3.63, 3.8) is 0 Å². The Morgan fingerprint density at radius 1 is 0.290 bits per heavy atom. The van der Waals surface area contributed by atoms with Crippen LogP contribution < -0.4 is 9.64 Å². The van der Waals surface area contributed by atoms with Crippen LogP contribution >= 0.6 is 11.3 Å². The standard InChI is InChI=1S/C66H41NOS/c1-2-17-42(18-3-1)43-33-35-44(36-34-43)67(60-30-16-29-57-52-25-9-8-23-50(52)54-26-12-14-31-61(54)68-66(57)60)45-37-38-53-49-22-7-5-20-47(49)46-19-4-6-21-48(46)51-24-10-11-27-55(51)64-56(59(53)41-45)39-40-63-65(64)58-28-13-15-32-62(58)69-63/h1-41H. The maximum absolute atomic E-state index is 7.23. The highest BCUT2D eigenvalue weighted by atomic mass is 32.1. The molecule has 0 aliphatic carbocycles. The molecule has 322 valence electrons. The topological polar surface area (TPSA) is 12.5 Å². The molecule has 12 aromatic carbocycles. The third-order valence-electron chi connectivity index (χ3n) is 14.1. The molecule has 13 aromatic rings. The Morgan fingerprint density at radius 3 is 1.49 bits per heavy atom. The molecule has 1 aliphatic heterocycles. The molecule has 2 heterocycles. The molecule has 1 aliphatic rings. The van der Waals surface area contributed by atoms with Gasteiger partial charge in [-0.05, 0) is 125 Å². The Morgan fingerprint density at radius 2 is 0.783 bits per heavy atom. The average Bonchev–Trinajstić information content (AvgIpc) is 3.73. The maximum atomic E-state index is 7.23. The van der Waals surface area contributed by atoms with E-state index in [4.69, 9.17) is 4.74 Å². The van der Waals surface area contributed by atoms with Gasteiger partial charge in [-0.25, -0.2) is 0 Å². The Kier molecular flexibility index (Phi) is 9.11. The largest absolute Gasteiger partial charge is 0.454 e. The van der Waals surface area contributed by atoms with Crippen LogP contribution in [-0.2, 0) is 0 Å². The number of hydrogen-bond acceptors (Lipinski definition) is 3. The highest BCUT2D eigenvalue weighted by Crippen LogP contribution is 2.53. The molecular weight excluding hydrogens is 855 g/mol. The molecule has 0 unspecified atom stereocenters. The van der Waals surface area contributed by atoms with Crippen molar-refractivity contribution in [2.75, 3.05) is 4.90 Å². The van der Waals surface area contributed by atoms with Crippen molar-refractivity contribution in [2.45, 2.75) is 0 Å². The maximum Gasteiger partial charge on any atom is 0.159 e. The lowest BCUT2D eigenvalue weighted by Crippen LogP contribution is -2.11. The van der Waals surface area contributed by atoms with Crippen molar-refractivity contribution in [1.82, 2.24) is 0 Å². The minimum atomic E-state index is 0.810. The number of rotatable bonds is 4. The van der Waals surface area contributed by atoms with E-state index in [0.717, 1.165) is 61.8 Å². The van der Waals surface area contributed by atoms with Crippen LogP contribution in [0.4, 0.5) is 17.1 Å². The number of anilines is 3. The number of fused-ring (bicyclic) bond motifs is 19. The minimum Gasteiger partial charge on any atom is -0.454 e. The molecule has 0 fully saturated rings. The number of nitrogens with zero attached hydrogens (tertiary/aromatic N) is 1. The lowest BCUT2D eigenvalue weighted by atomic mass is 9.92. The highest BCUT2D eigenvalue weighted by Gasteiger charge is 2.27. The molecule has 0 radical (unpaired) electrons. The highest BCUT2D eigenvalue weighted by molar-refractivity contribution is 7.26. The molecule has 14 rings (SSSR count). The zero-order valence-corrected chi connectivity index (χ0v) is 38.3. The van der Waals surface area contributed by atoms with Crippen LogP contribution in [0.3, 0.4) is 0 Å². The minimum absolute atomic E-state index is 0.810. The van der Waals surface area contributed by atoms with Crippen LogP contribution in [0.2, 0.25) is 0 Å². The van der Waals surface area contributed by atoms with Gasteiger partial charge in [-0.3, -0.25) is 0 Å². The average molecular weight is 896 g/mol. The van der Waals surface area contributed by atoms with Crippen molar-refractivity contribution in [3.05, 3.63) is 249 Å². The Labute approximate surface area is 403 Å². The summed E-state index contributed by atoms with van der Waals surface area (Å²) in [5.74, 6) is 1.64. The predicted molar refractivity (Wildman–Crippen MR) is 296 cm³/mol. The first-order valence-electron chi connectivity index (χ1n) is 23.6. The number of benzene rings is 11. The zero-order chi connectivity index (χ0) is 45.4. The Balaban J connectivity index is 1.15. The Bertz CT molecular complexity index is 4280. The molecule has 1 aromatic heterocycles. The summed E-state index contributed by atoms with van der Waals surface area (Å²) >= 11 is 1.87. The number of para-hydroxylation sites is 2. The van der Waals surface area contributed by atoms with Gasteiger partial charge in [0.1, 0.15) is 5.75 Å². The quantitative estimate of drug-likeness (QED) is 0.175.